The van der Waals surface area contributed by atoms with E-state index in [2.05, 4.69) is 31.9 Å². The zero-order valence-electron chi connectivity index (χ0n) is 8.65. The maximum absolute atomic E-state index is 13.4. The van der Waals surface area contributed by atoms with Gasteiger partial charge in [0.2, 0.25) is 0 Å². The molecular weight excluding hydrogens is 342 g/mol. The Morgan fingerprint density at radius 1 is 1.06 bits per heavy atom. The van der Waals surface area contributed by atoms with Crippen LogP contribution in [0.1, 0.15) is 37.2 Å². The third-order valence-electron chi connectivity index (χ3n) is 3.16. The van der Waals surface area contributed by atoms with Crippen LogP contribution >= 0.6 is 31.9 Å². The first-order chi connectivity index (χ1) is 7.59. The SMILES string of the molecule is Fc1ccc(C2CCC(Br)CC2)c(Br)c1F. The zero-order valence-corrected chi connectivity index (χ0v) is 11.8. The van der Waals surface area contributed by atoms with Crippen LogP contribution in [-0.2, 0) is 0 Å². The molecule has 1 fully saturated rings. The van der Waals surface area contributed by atoms with Crippen molar-refractivity contribution >= 4 is 31.9 Å². The Kier molecular flexibility index (Phi) is 4.01. The van der Waals surface area contributed by atoms with Crippen molar-refractivity contribution in [2.45, 2.75) is 36.4 Å². The van der Waals surface area contributed by atoms with E-state index in [4.69, 9.17) is 0 Å². The first-order valence-corrected chi connectivity index (χ1v) is 7.08. The van der Waals surface area contributed by atoms with Gasteiger partial charge in [-0.05, 0) is 59.2 Å². The first kappa shape index (κ1) is 12.5. The second-order valence-electron chi connectivity index (χ2n) is 4.21. The second-order valence-corrected chi connectivity index (χ2v) is 6.30. The molecular formula is C12H12Br2F2. The van der Waals surface area contributed by atoms with Crippen molar-refractivity contribution in [3.8, 4) is 0 Å². The van der Waals surface area contributed by atoms with Gasteiger partial charge in [0.1, 0.15) is 0 Å². The third kappa shape index (κ3) is 2.48. The summed E-state index contributed by atoms with van der Waals surface area (Å²) in [5.74, 6) is -1.21. The minimum atomic E-state index is -0.787. The highest BCUT2D eigenvalue weighted by Gasteiger charge is 2.24. The van der Waals surface area contributed by atoms with Crippen LogP contribution < -0.4 is 0 Å². The molecule has 0 amide bonds. The van der Waals surface area contributed by atoms with Gasteiger partial charge in [-0.1, -0.05) is 22.0 Å². The lowest BCUT2D eigenvalue weighted by Gasteiger charge is -2.26. The molecule has 0 saturated heterocycles. The van der Waals surface area contributed by atoms with Crippen molar-refractivity contribution in [2.24, 2.45) is 0 Å². The lowest BCUT2D eigenvalue weighted by Crippen LogP contribution is -2.13. The summed E-state index contributed by atoms with van der Waals surface area (Å²) in [4.78, 5) is 0.577. The lowest BCUT2D eigenvalue weighted by molar-refractivity contribution is 0.448. The Bertz CT molecular complexity index is 385. The Labute approximate surface area is 111 Å². The number of hydrogen-bond donors (Lipinski definition) is 0. The summed E-state index contributed by atoms with van der Waals surface area (Å²) in [5, 5.41) is 0. The summed E-state index contributed by atoms with van der Waals surface area (Å²) in [6, 6.07) is 2.91. The topological polar surface area (TPSA) is 0 Å². The second kappa shape index (κ2) is 5.13. The number of halogens is 4. The van der Waals surface area contributed by atoms with E-state index in [1.165, 1.54) is 6.07 Å². The molecule has 1 saturated carbocycles. The van der Waals surface area contributed by atoms with E-state index in [0.29, 0.717) is 15.2 Å². The summed E-state index contributed by atoms with van der Waals surface area (Å²) < 4.78 is 26.7. The molecule has 0 N–H and O–H groups in total. The zero-order chi connectivity index (χ0) is 11.7. The van der Waals surface area contributed by atoms with Crippen LogP contribution in [0.5, 0.6) is 0 Å². The maximum Gasteiger partial charge on any atom is 0.173 e. The summed E-state index contributed by atoms with van der Waals surface area (Å²) in [6.07, 6.45) is 4.24. The predicted molar refractivity (Wildman–Crippen MR) is 68.0 cm³/mol. The van der Waals surface area contributed by atoms with Gasteiger partial charge in [-0.15, -0.1) is 0 Å². The molecule has 2 rings (SSSR count). The van der Waals surface area contributed by atoms with E-state index < -0.39 is 11.6 Å². The molecule has 4 heteroatoms. The molecule has 0 heterocycles. The van der Waals surface area contributed by atoms with Crippen LogP contribution in [0, 0.1) is 11.6 Å². The largest absolute Gasteiger partial charge is 0.204 e. The molecule has 0 atom stereocenters. The smallest absolute Gasteiger partial charge is 0.173 e. The average Bonchev–Trinajstić information content (AvgIpc) is 2.28. The van der Waals surface area contributed by atoms with Crippen molar-refractivity contribution < 1.29 is 8.78 Å². The van der Waals surface area contributed by atoms with E-state index in [0.717, 1.165) is 31.2 Å². The highest BCUT2D eigenvalue weighted by atomic mass is 79.9. The van der Waals surface area contributed by atoms with Crippen molar-refractivity contribution in [2.75, 3.05) is 0 Å². The van der Waals surface area contributed by atoms with Crippen molar-refractivity contribution in [1.29, 1.82) is 0 Å². The van der Waals surface area contributed by atoms with Gasteiger partial charge >= 0.3 is 0 Å². The molecule has 1 aromatic rings. The number of hydrogen-bond acceptors (Lipinski definition) is 0. The summed E-state index contributed by atoms with van der Waals surface area (Å²) >= 11 is 6.74. The van der Waals surface area contributed by atoms with Crippen molar-refractivity contribution in [3.05, 3.63) is 33.8 Å². The molecule has 16 heavy (non-hydrogen) atoms. The van der Waals surface area contributed by atoms with Gasteiger partial charge in [-0.2, -0.15) is 0 Å². The maximum atomic E-state index is 13.4. The summed E-state index contributed by atoms with van der Waals surface area (Å²) in [7, 11) is 0. The van der Waals surface area contributed by atoms with Gasteiger partial charge in [-0.3, -0.25) is 0 Å². The molecule has 1 aliphatic carbocycles. The molecule has 0 aliphatic heterocycles. The van der Waals surface area contributed by atoms with Crippen molar-refractivity contribution in [1.82, 2.24) is 0 Å². The van der Waals surface area contributed by atoms with E-state index >= 15 is 0 Å². The minimum absolute atomic E-state index is 0.297. The molecule has 0 spiro atoms. The standard InChI is InChI=1S/C12H12Br2F2/c13-8-3-1-7(2-4-8)9-5-6-10(15)12(16)11(9)14/h5-8H,1-4H2. The Morgan fingerprint density at radius 3 is 2.31 bits per heavy atom. The van der Waals surface area contributed by atoms with Gasteiger partial charge in [0.15, 0.2) is 11.6 Å². The van der Waals surface area contributed by atoms with E-state index in [1.807, 2.05) is 0 Å². The monoisotopic (exact) mass is 352 g/mol. The van der Waals surface area contributed by atoms with Crippen LogP contribution in [0.3, 0.4) is 0 Å². The highest BCUT2D eigenvalue weighted by Crippen LogP contribution is 2.39. The van der Waals surface area contributed by atoms with Gasteiger partial charge in [0.25, 0.3) is 0 Å². The normalized spacial score (nSPS) is 25.8. The fraction of sp³-hybridized carbons (Fsp3) is 0.500. The van der Waals surface area contributed by atoms with E-state index in [9.17, 15) is 8.78 Å². The van der Waals surface area contributed by atoms with Gasteiger partial charge in [0.05, 0.1) is 4.47 Å². The van der Waals surface area contributed by atoms with Gasteiger partial charge in [0, 0.05) is 4.83 Å². The molecule has 0 nitrogen and oxygen atoms in total. The molecule has 0 aromatic heterocycles. The average molecular weight is 354 g/mol. The van der Waals surface area contributed by atoms with E-state index in [1.54, 1.807) is 6.07 Å². The molecule has 0 bridgehead atoms. The quantitative estimate of drug-likeness (QED) is 0.484. The Hall–Kier alpha value is 0.0400. The Morgan fingerprint density at radius 2 is 1.69 bits per heavy atom. The fourth-order valence-electron chi connectivity index (χ4n) is 2.22. The third-order valence-corrected chi connectivity index (χ3v) is 4.88. The lowest BCUT2D eigenvalue weighted by atomic mass is 9.84. The first-order valence-electron chi connectivity index (χ1n) is 5.37. The van der Waals surface area contributed by atoms with Crippen LogP contribution in [0.4, 0.5) is 8.78 Å². The molecule has 0 unspecified atom stereocenters. The van der Waals surface area contributed by atoms with Gasteiger partial charge < -0.3 is 0 Å². The summed E-state index contributed by atoms with van der Waals surface area (Å²) in [5.41, 5.74) is 0.901. The molecule has 88 valence electrons. The minimum Gasteiger partial charge on any atom is -0.204 e. The summed E-state index contributed by atoms with van der Waals surface area (Å²) in [6.45, 7) is 0. The molecule has 1 aromatic carbocycles. The highest BCUT2D eigenvalue weighted by molar-refractivity contribution is 9.10. The Balaban J connectivity index is 2.24. The van der Waals surface area contributed by atoms with Crippen LogP contribution in [0.2, 0.25) is 0 Å². The predicted octanol–water partition coefficient (Wildman–Crippen LogP) is 5.15. The van der Waals surface area contributed by atoms with Crippen LogP contribution in [-0.4, -0.2) is 4.83 Å². The van der Waals surface area contributed by atoms with Crippen LogP contribution in [0.15, 0.2) is 16.6 Å². The molecule has 0 radical (unpaired) electrons. The van der Waals surface area contributed by atoms with E-state index in [-0.39, 0.29) is 0 Å². The fourth-order valence-corrected chi connectivity index (χ4v) is 3.39. The number of benzene rings is 1. The van der Waals surface area contributed by atoms with Crippen molar-refractivity contribution in [3.63, 3.8) is 0 Å². The van der Waals surface area contributed by atoms with Gasteiger partial charge in [-0.25, -0.2) is 8.78 Å². The van der Waals surface area contributed by atoms with Crippen LogP contribution in [0.25, 0.3) is 0 Å². The number of alkyl halides is 1. The molecule has 1 aliphatic rings. The number of rotatable bonds is 1.